The van der Waals surface area contributed by atoms with Crippen LogP contribution in [0, 0.1) is 5.82 Å². The van der Waals surface area contributed by atoms with Crippen LogP contribution in [0.15, 0.2) is 36.8 Å². The number of hydrogen-bond donors (Lipinski definition) is 1. The van der Waals surface area contributed by atoms with Crippen LogP contribution in [-0.2, 0) is 0 Å². The molecule has 1 aromatic carbocycles. The second-order valence-electron chi connectivity index (χ2n) is 4.52. The first-order chi connectivity index (χ1) is 10.7. The van der Waals surface area contributed by atoms with E-state index in [0.717, 1.165) is 16.9 Å². The quantitative estimate of drug-likeness (QED) is 0.558. The van der Waals surface area contributed by atoms with Gasteiger partial charge in [-0.1, -0.05) is 11.6 Å². The van der Waals surface area contributed by atoms with E-state index in [1.54, 1.807) is 30.5 Å². The van der Waals surface area contributed by atoms with Crippen LogP contribution in [0.4, 0.5) is 15.9 Å². The van der Waals surface area contributed by atoms with Crippen LogP contribution in [-0.4, -0.2) is 19.3 Å². The van der Waals surface area contributed by atoms with Gasteiger partial charge in [-0.2, -0.15) is 4.37 Å². The molecule has 0 atom stereocenters. The monoisotopic (exact) mass is 331 g/mol. The molecule has 1 N–H and O–H groups in total. The van der Waals surface area contributed by atoms with E-state index in [-0.39, 0.29) is 5.82 Å². The molecule has 0 aliphatic heterocycles. The number of benzene rings is 1. The fraction of sp³-hybridized carbons (Fsp3) is 0. The Hall–Kier alpha value is -2.38. The summed E-state index contributed by atoms with van der Waals surface area (Å²) in [6.45, 7) is 0. The molecule has 0 aliphatic carbocycles. The molecular weight excluding hydrogens is 325 g/mol. The minimum absolute atomic E-state index is 0.304. The van der Waals surface area contributed by atoms with Crippen LogP contribution in [0.2, 0.25) is 5.15 Å². The molecule has 108 valence electrons. The Labute approximate surface area is 133 Å². The molecule has 4 rings (SSSR count). The van der Waals surface area contributed by atoms with E-state index in [9.17, 15) is 4.39 Å². The number of hydrogen-bond acceptors (Lipinski definition) is 6. The molecule has 0 spiro atoms. The average Bonchev–Trinajstić information content (AvgIpc) is 3.00. The first-order valence-corrected chi connectivity index (χ1v) is 7.45. The van der Waals surface area contributed by atoms with Crippen molar-refractivity contribution in [3.63, 3.8) is 0 Å². The van der Waals surface area contributed by atoms with Gasteiger partial charge in [0.15, 0.2) is 11.6 Å². The largest absolute Gasteiger partial charge is 0.336 e. The fourth-order valence-electron chi connectivity index (χ4n) is 2.13. The Morgan fingerprint density at radius 3 is 2.95 bits per heavy atom. The lowest BCUT2D eigenvalue weighted by Crippen LogP contribution is -1.99. The van der Waals surface area contributed by atoms with E-state index in [2.05, 4.69) is 24.6 Å². The highest BCUT2D eigenvalue weighted by Crippen LogP contribution is 2.30. The maximum Gasteiger partial charge on any atom is 0.166 e. The van der Waals surface area contributed by atoms with Crippen LogP contribution >= 0.6 is 23.1 Å². The van der Waals surface area contributed by atoms with Gasteiger partial charge in [-0.15, -0.1) is 0 Å². The summed E-state index contributed by atoms with van der Waals surface area (Å²) >= 11 is 7.02. The highest BCUT2D eigenvalue weighted by molar-refractivity contribution is 7.13. The van der Waals surface area contributed by atoms with Gasteiger partial charge in [0.2, 0.25) is 0 Å². The van der Waals surface area contributed by atoms with Gasteiger partial charge in [0.25, 0.3) is 0 Å². The summed E-state index contributed by atoms with van der Waals surface area (Å²) in [7, 11) is 0. The Morgan fingerprint density at radius 1 is 1.14 bits per heavy atom. The molecule has 0 saturated carbocycles. The molecule has 3 aromatic heterocycles. The Kier molecular flexibility index (Phi) is 3.09. The number of nitrogens with zero attached hydrogens (tertiary/aromatic N) is 4. The van der Waals surface area contributed by atoms with Gasteiger partial charge < -0.3 is 5.32 Å². The lowest BCUT2D eigenvalue weighted by Gasteiger charge is -2.09. The summed E-state index contributed by atoms with van der Waals surface area (Å²) in [6.07, 6.45) is 3.03. The molecular formula is C14H7ClFN5S. The molecule has 0 radical (unpaired) electrons. The van der Waals surface area contributed by atoms with Gasteiger partial charge in [0.1, 0.15) is 17.0 Å². The molecule has 0 fully saturated rings. The van der Waals surface area contributed by atoms with Gasteiger partial charge in [0, 0.05) is 11.6 Å². The minimum atomic E-state index is -0.367. The lowest BCUT2D eigenvalue weighted by molar-refractivity contribution is 0.645. The van der Waals surface area contributed by atoms with Crippen molar-refractivity contribution in [2.45, 2.75) is 0 Å². The average molecular weight is 332 g/mol. The first kappa shape index (κ1) is 13.3. The van der Waals surface area contributed by atoms with E-state index in [1.807, 2.05) is 0 Å². The molecule has 3 heterocycles. The second kappa shape index (κ2) is 5.11. The van der Waals surface area contributed by atoms with Crippen molar-refractivity contribution in [3.05, 3.63) is 47.8 Å². The Bertz CT molecular complexity index is 1000. The highest BCUT2D eigenvalue weighted by atomic mass is 35.5. The third-order valence-electron chi connectivity index (χ3n) is 3.16. The van der Waals surface area contributed by atoms with Crippen molar-refractivity contribution in [3.8, 4) is 0 Å². The predicted molar refractivity (Wildman–Crippen MR) is 85.2 cm³/mol. The van der Waals surface area contributed by atoms with Crippen LogP contribution in [0.1, 0.15) is 0 Å². The van der Waals surface area contributed by atoms with E-state index >= 15 is 0 Å². The van der Waals surface area contributed by atoms with Crippen molar-refractivity contribution in [1.29, 1.82) is 0 Å². The molecule has 4 aromatic rings. The molecule has 22 heavy (non-hydrogen) atoms. The molecule has 0 aliphatic rings. The van der Waals surface area contributed by atoms with Crippen LogP contribution in [0.3, 0.4) is 0 Å². The van der Waals surface area contributed by atoms with Crippen LogP contribution < -0.4 is 5.32 Å². The number of aromatic nitrogens is 4. The zero-order valence-electron chi connectivity index (χ0n) is 10.9. The van der Waals surface area contributed by atoms with Gasteiger partial charge in [-0.05, 0) is 35.8 Å². The number of anilines is 2. The van der Waals surface area contributed by atoms with Gasteiger partial charge in [-0.3, -0.25) is 0 Å². The molecule has 0 amide bonds. The SMILES string of the molecule is Fc1c(Nc2ncnc3ccc(Cl)nc23)ccc2cnsc12. The predicted octanol–water partition coefficient (Wildman–Crippen LogP) is 4.17. The van der Waals surface area contributed by atoms with Crippen LogP contribution in [0.25, 0.3) is 21.1 Å². The smallest absolute Gasteiger partial charge is 0.166 e. The molecule has 0 unspecified atom stereocenters. The number of halogens is 2. The third kappa shape index (κ3) is 2.15. The first-order valence-electron chi connectivity index (χ1n) is 6.29. The van der Waals surface area contributed by atoms with Gasteiger partial charge in [-0.25, -0.2) is 19.3 Å². The number of nitrogens with one attached hydrogen (secondary N) is 1. The second-order valence-corrected chi connectivity index (χ2v) is 5.71. The van der Waals surface area contributed by atoms with Crippen molar-refractivity contribution in [1.82, 2.24) is 19.3 Å². The standard InChI is InChI=1S/C14H7ClFN5S/c15-10-4-3-9-12(21-10)14(18-6-17-9)20-8-2-1-7-5-19-22-13(7)11(8)16/h1-6H,(H,17,18,20). The van der Waals surface area contributed by atoms with E-state index < -0.39 is 0 Å². The van der Waals surface area contributed by atoms with Crippen molar-refractivity contribution < 1.29 is 4.39 Å². The summed E-state index contributed by atoms with van der Waals surface area (Å²) in [5.41, 5.74) is 1.42. The zero-order valence-corrected chi connectivity index (χ0v) is 12.5. The van der Waals surface area contributed by atoms with E-state index in [0.29, 0.717) is 32.4 Å². The molecule has 5 nitrogen and oxygen atoms in total. The number of fused-ring (bicyclic) bond motifs is 2. The van der Waals surface area contributed by atoms with Crippen LogP contribution in [0.5, 0.6) is 0 Å². The fourth-order valence-corrected chi connectivity index (χ4v) is 2.97. The maximum absolute atomic E-state index is 14.5. The summed E-state index contributed by atoms with van der Waals surface area (Å²) in [5.74, 6) is 0.0315. The maximum atomic E-state index is 14.5. The summed E-state index contributed by atoms with van der Waals surface area (Å²) in [4.78, 5) is 12.4. The van der Waals surface area contributed by atoms with Crippen molar-refractivity contribution >= 4 is 55.8 Å². The highest BCUT2D eigenvalue weighted by Gasteiger charge is 2.12. The van der Waals surface area contributed by atoms with Gasteiger partial charge in [0.05, 0.1) is 15.9 Å². The molecule has 0 bridgehead atoms. The molecule has 8 heteroatoms. The van der Waals surface area contributed by atoms with E-state index in [1.165, 1.54) is 6.33 Å². The lowest BCUT2D eigenvalue weighted by atomic mass is 10.2. The Morgan fingerprint density at radius 2 is 2.05 bits per heavy atom. The number of rotatable bonds is 2. The Balaban J connectivity index is 1.85. The summed E-state index contributed by atoms with van der Waals surface area (Å²) < 4.78 is 19.0. The zero-order chi connectivity index (χ0) is 15.1. The van der Waals surface area contributed by atoms with Crippen molar-refractivity contribution in [2.24, 2.45) is 0 Å². The summed E-state index contributed by atoms with van der Waals surface area (Å²) in [6, 6.07) is 6.82. The van der Waals surface area contributed by atoms with Crippen molar-refractivity contribution in [2.75, 3.05) is 5.32 Å². The normalized spacial score (nSPS) is 11.2. The topological polar surface area (TPSA) is 63.6 Å². The number of pyridine rings is 1. The molecule has 0 saturated heterocycles. The third-order valence-corrected chi connectivity index (χ3v) is 4.18. The van der Waals surface area contributed by atoms with E-state index in [4.69, 9.17) is 11.6 Å². The minimum Gasteiger partial charge on any atom is -0.336 e. The van der Waals surface area contributed by atoms with Gasteiger partial charge >= 0.3 is 0 Å². The summed E-state index contributed by atoms with van der Waals surface area (Å²) in [5, 5.41) is 4.04.